The fourth-order valence-corrected chi connectivity index (χ4v) is 0.962. The first kappa shape index (κ1) is 12.0. The lowest BCUT2D eigenvalue weighted by Gasteiger charge is -2.20. The second-order valence-electron chi connectivity index (χ2n) is 2.85. The van der Waals surface area contributed by atoms with Gasteiger partial charge < -0.3 is 5.73 Å². The van der Waals surface area contributed by atoms with Crippen molar-refractivity contribution in [2.24, 2.45) is 5.73 Å². The molecule has 0 rings (SSSR count). The largest absolute Gasteiger partial charge is 0.350 e. The zero-order valence-corrected chi connectivity index (χ0v) is 8.25. The summed E-state index contributed by atoms with van der Waals surface area (Å²) in [7, 11) is 0. The molecule has 4 heteroatoms. The van der Waals surface area contributed by atoms with Crippen molar-refractivity contribution in [2.75, 3.05) is 13.1 Å². The number of amides is 2. The fraction of sp³-hybridized carbons (Fsp3) is 0.667. The molecular formula is C9H19N3O. The molecular weight excluding hydrogens is 166 g/mol. The van der Waals surface area contributed by atoms with Crippen molar-refractivity contribution in [1.82, 2.24) is 10.4 Å². The molecule has 0 unspecified atom stereocenters. The lowest BCUT2D eigenvalue weighted by Crippen LogP contribution is -2.46. The third-order valence-corrected chi connectivity index (χ3v) is 1.68. The molecule has 2 amide bonds. The van der Waals surface area contributed by atoms with Crippen molar-refractivity contribution in [3.05, 3.63) is 12.7 Å². The van der Waals surface area contributed by atoms with Crippen LogP contribution in [-0.2, 0) is 0 Å². The highest BCUT2D eigenvalue weighted by atomic mass is 16.2. The van der Waals surface area contributed by atoms with E-state index in [-0.39, 0.29) is 0 Å². The lowest BCUT2D eigenvalue weighted by molar-refractivity contribution is 0.182. The summed E-state index contributed by atoms with van der Waals surface area (Å²) in [6, 6.07) is -0.432. The summed E-state index contributed by atoms with van der Waals surface area (Å²) in [5, 5.41) is 1.43. The fourth-order valence-electron chi connectivity index (χ4n) is 0.962. The number of nitrogens with zero attached hydrogens (tertiary/aromatic N) is 1. The first-order chi connectivity index (χ1) is 6.22. The van der Waals surface area contributed by atoms with E-state index in [0.717, 1.165) is 19.3 Å². The van der Waals surface area contributed by atoms with Crippen molar-refractivity contribution in [3.8, 4) is 0 Å². The molecule has 0 saturated carbocycles. The smallest absolute Gasteiger partial charge is 0.329 e. The van der Waals surface area contributed by atoms with Gasteiger partial charge in [0.2, 0.25) is 0 Å². The minimum Gasteiger partial charge on any atom is -0.350 e. The maximum Gasteiger partial charge on any atom is 0.329 e. The van der Waals surface area contributed by atoms with Gasteiger partial charge in [-0.15, -0.1) is 6.58 Å². The molecule has 0 radical (unpaired) electrons. The van der Waals surface area contributed by atoms with Gasteiger partial charge in [-0.2, -0.15) is 0 Å². The monoisotopic (exact) mass is 185 g/mol. The maximum absolute atomic E-state index is 10.9. The Balaban J connectivity index is 3.66. The van der Waals surface area contributed by atoms with E-state index in [2.05, 4.69) is 18.9 Å². The van der Waals surface area contributed by atoms with Crippen LogP contribution in [0.4, 0.5) is 4.79 Å². The van der Waals surface area contributed by atoms with Crippen LogP contribution in [0.2, 0.25) is 0 Å². The van der Waals surface area contributed by atoms with Gasteiger partial charge in [-0.1, -0.05) is 25.8 Å². The zero-order chi connectivity index (χ0) is 10.1. The predicted octanol–water partition coefficient (Wildman–Crippen LogP) is 1.25. The van der Waals surface area contributed by atoms with Crippen LogP contribution in [0, 0.1) is 0 Å². The molecule has 0 fully saturated rings. The predicted molar refractivity (Wildman–Crippen MR) is 54.0 cm³/mol. The molecule has 0 aliphatic carbocycles. The van der Waals surface area contributed by atoms with E-state index < -0.39 is 6.03 Å². The summed E-state index contributed by atoms with van der Waals surface area (Å²) >= 11 is 0. The van der Waals surface area contributed by atoms with E-state index in [4.69, 9.17) is 5.73 Å². The number of hydrazine groups is 1. The minimum absolute atomic E-state index is 0.432. The van der Waals surface area contributed by atoms with Crippen molar-refractivity contribution >= 4 is 6.03 Å². The van der Waals surface area contributed by atoms with Crippen LogP contribution < -0.4 is 11.2 Å². The van der Waals surface area contributed by atoms with Crippen LogP contribution in [0.3, 0.4) is 0 Å². The highest BCUT2D eigenvalue weighted by Gasteiger charge is 2.06. The molecule has 0 aliphatic heterocycles. The summed E-state index contributed by atoms with van der Waals surface area (Å²) in [4.78, 5) is 10.9. The number of nitrogens with two attached hydrogens (primary N) is 1. The van der Waals surface area contributed by atoms with Crippen molar-refractivity contribution in [1.29, 1.82) is 0 Å². The van der Waals surface area contributed by atoms with Gasteiger partial charge >= 0.3 is 6.03 Å². The third kappa shape index (κ3) is 6.16. The zero-order valence-electron chi connectivity index (χ0n) is 8.25. The van der Waals surface area contributed by atoms with Gasteiger partial charge in [0.05, 0.1) is 0 Å². The lowest BCUT2D eigenvalue weighted by atomic mass is 10.2. The Morgan fingerprint density at radius 3 is 2.77 bits per heavy atom. The standard InChI is InChI=1S/C9H19N3O/c1-3-5-6-8-12(9(10)13)11-7-4-2/h4,11H,2-3,5-8H2,1H3,(H2,10,13). The van der Waals surface area contributed by atoms with Gasteiger partial charge in [0.15, 0.2) is 0 Å². The quantitative estimate of drug-likeness (QED) is 0.356. The molecule has 0 bridgehead atoms. The first-order valence-corrected chi connectivity index (χ1v) is 4.63. The SMILES string of the molecule is C=CCNN(CCCCC)C(N)=O. The van der Waals surface area contributed by atoms with Gasteiger partial charge in [0.25, 0.3) is 0 Å². The molecule has 0 spiro atoms. The van der Waals surface area contributed by atoms with E-state index >= 15 is 0 Å². The van der Waals surface area contributed by atoms with Crippen LogP contribution in [0.25, 0.3) is 0 Å². The van der Waals surface area contributed by atoms with E-state index in [1.807, 2.05) is 0 Å². The molecule has 0 aromatic carbocycles. The van der Waals surface area contributed by atoms with Crippen LogP contribution >= 0.6 is 0 Å². The van der Waals surface area contributed by atoms with E-state index in [1.165, 1.54) is 5.01 Å². The Kier molecular flexibility index (Phi) is 7.01. The van der Waals surface area contributed by atoms with Gasteiger partial charge in [-0.05, 0) is 6.42 Å². The highest BCUT2D eigenvalue weighted by Crippen LogP contribution is 1.95. The van der Waals surface area contributed by atoms with Crippen LogP contribution in [0.15, 0.2) is 12.7 Å². The Labute approximate surface area is 79.8 Å². The molecule has 76 valence electrons. The third-order valence-electron chi connectivity index (χ3n) is 1.68. The molecule has 13 heavy (non-hydrogen) atoms. The van der Waals surface area contributed by atoms with Gasteiger partial charge in [-0.3, -0.25) is 5.01 Å². The van der Waals surface area contributed by atoms with E-state index in [1.54, 1.807) is 6.08 Å². The average molecular weight is 185 g/mol. The number of hydrogen-bond donors (Lipinski definition) is 2. The topological polar surface area (TPSA) is 58.4 Å². The number of carbonyl (C=O) groups excluding carboxylic acids is 1. The number of primary amides is 1. The molecule has 0 aromatic heterocycles. The normalized spacial score (nSPS) is 9.62. The van der Waals surface area contributed by atoms with Gasteiger partial charge in [-0.25, -0.2) is 10.2 Å². The minimum atomic E-state index is -0.432. The number of hydrogen-bond acceptors (Lipinski definition) is 2. The molecule has 0 saturated heterocycles. The Morgan fingerprint density at radius 2 is 2.31 bits per heavy atom. The highest BCUT2D eigenvalue weighted by molar-refractivity contribution is 5.71. The van der Waals surface area contributed by atoms with Crippen LogP contribution in [0.5, 0.6) is 0 Å². The summed E-state index contributed by atoms with van der Waals surface area (Å²) in [6.07, 6.45) is 4.91. The average Bonchev–Trinajstić information content (AvgIpc) is 2.10. The first-order valence-electron chi connectivity index (χ1n) is 4.63. The molecule has 0 aliphatic rings. The van der Waals surface area contributed by atoms with E-state index in [0.29, 0.717) is 13.1 Å². The Bertz CT molecular complexity index is 159. The maximum atomic E-state index is 10.9. The molecule has 4 nitrogen and oxygen atoms in total. The number of rotatable bonds is 7. The summed E-state index contributed by atoms with van der Waals surface area (Å²) in [5.41, 5.74) is 8.02. The van der Waals surface area contributed by atoms with Crippen LogP contribution in [-0.4, -0.2) is 24.1 Å². The van der Waals surface area contributed by atoms with Gasteiger partial charge in [0.1, 0.15) is 0 Å². The molecule has 0 heterocycles. The number of carbonyl (C=O) groups is 1. The Hall–Kier alpha value is -1.03. The molecule has 3 N–H and O–H groups in total. The molecule has 0 aromatic rings. The second kappa shape index (κ2) is 7.61. The number of urea groups is 1. The van der Waals surface area contributed by atoms with Crippen molar-refractivity contribution in [3.63, 3.8) is 0 Å². The summed E-state index contributed by atoms with van der Waals surface area (Å²) in [6.45, 7) is 6.89. The Morgan fingerprint density at radius 1 is 1.62 bits per heavy atom. The number of nitrogens with one attached hydrogen (secondary N) is 1. The van der Waals surface area contributed by atoms with Crippen molar-refractivity contribution < 1.29 is 4.79 Å². The molecule has 0 atom stereocenters. The van der Waals surface area contributed by atoms with Crippen molar-refractivity contribution in [2.45, 2.75) is 26.2 Å². The van der Waals surface area contributed by atoms with Gasteiger partial charge in [0, 0.05) is 13.1 Å². The number of unbranched alkanes of at least 4 members (excludes halogenated alkanes) is 2. The van der Waals surface area contributed by atoms with Crippen LogP contribution in [0.1, 0.15) is 26.2 Å². The van der Waals surface area contributed by atoms with E-state index in [9.17, 15) is 4.79 Å². The summed E-state index contributed by atoms with van der Waals surface area (Å²) in [5.74, 6) is 0. The second-order valence-corrected chi connectivity index (χ2v) is 2.85. The summed E-state index contributed by atoms with van der Waals surface area (Å²) < 4.78 is 0.